The average molecular weight is 469 g/mol. The van der Waals surface area contributed by atoms with Gasteiger partial charge >= 0.3 is 0 Å². The lowest BCUT2D eigenvalue weighted by Gasteiger charge is -2.41. The maximum absolute atomic E-state index is 13.2. The molecule has 0 spiro atoms. The minimum atomic E-state index is -1.02. The molecule has 3 aliphatic rings. The summed E-state index contributed by atoms with van der Waals surface area (Å²) in [6.07, 6.45) is -1.87. The van der Waals surface area contributed by atoms with Gasteiger partial charge in [-0.1, -0.05) is 17.7 Å². The van der Waals surface area contributed by atoms with Crippen LogP contribution in [0.5, 0.6) is 0 Å². The van der Waals surface area contributed by atoms with E-state index in [9.17, 15) is 15.0 Å². The number of carbonyl (C=O) groups is 1. The monoisotopic (exact) mass is 468 g/mol. The summed E-state index contributed by atoms with van der Waals surface area (Å²) in [6.45, 7) is 6.31. The van der Waals surface area contributed by atoms with E-state index in [1.807, 2.05) is 30.0 Å². The molecular formula is C21H29ClN4O4S. The summed E-state index contributed by atoms with van der Waals surface area (Å²) < 4.78 is 5.36. The molecule has 2 heterocycles. The van der Waals surface area contributed by atoms with E-state index in [0.717, 1.165) is 30.9 Å². The molecule has 0 unspecified atom stereocenters. The molecule has 0 bridgehead atoms. The summed E-state index contributed by atoms with van der Waals surface area (Å²) in [5.74, 6) is -0.690. The number of halogens is 1. The molecule has 1 aliphatic carbocycles. The van der Waals surface area contributed by atoms with E-state index in [4.69, 9.17) is 28.6 Å². The number of aryl methyl sites for hydroxylation is 1. The molecule has 31 heavy (non-hydrogen) atoms. The fourth-order valence-corrected chi connectivity index (χ4v) is 5.20. The average Bonchev–Trinajstić information content (AvgIpc) is 3.10. The van der Waals surface area contributed by atoms with Gasteiger partial charge in [-0.05, 0) is 43.3 Å². The van der Waals surface area contributed by atoms with Crippen LogP contribution < -0.4 is 15.5 Å². The Morgan fingerprint density at radius 1 is 1.35 bits per heavy atom. The number of thiocarbonyl (C=S) groups is 1. The van der Waals surface area contributed by atoms with E-state index >= 15 is 0 Å². The summed E-state index contributed by atoms with van der Waals surface area (Å²) in [5.41, 5.74) is 1.70. The molecule has 4 N–H and O–H groups in total. The lowest BCUT2D eigenvalue weighted by Crippen LogP contribution is -2.61. The Kier molecular flexibility index (Phi) is 7.00. The van der Waals surface area contributed by atoms with Crippen LogP contribution in [-0.2, 0) is 9.53 Å². The number of carbonyl (C=O) groups excluding carboxylic acids is 1. The van der Waals surface area contributed by atoms with E-state index in [2.05, 4.69) is 15.5 Å². The van der Waals surface area contributed by atoms with Crippen molar-refractivity contribution in [2.75, 3.05) is 44.3 Å². The zero-order chi connectivity index (χ0) is 22.1. The number of rotatable bonds is 5. The number of anilines is 1. The van der Waals surface area contributed by atoms with Gasteiger partial charge in [0.15, 0.2) is 5.11 Å². The molecule has 0 radical (unpaired) electrons. The van der Waals surface area contributed by atoms with Crippen LogP contribution in [0.2, 0.25) is 5.02 Å². The largest absolute Gasteiger partial charge is 0.390 e. The first kappa shape index (κ1) is 22.7. The van der Waals surface area contributed by atoms with Crippen LogP contribution in [0.15, 0.2) is 18.2 Å². The Hall–Kier alpha value is -1.49. The minimum Gasteiger partial charge on any atom is -0.390 e. The third-order valence-corrected chi connectivity index (χ3v) is 7.17. The summed E-state index contributed by atoms with van der Waals surface area (Å²) >= 11 is 11.9. The fourth-order valence-electron chi connectivity index (χ4n) is 4.67. The quantitative estimate of drug-likeness (QED) is 0.457. The molecule has 0 aromatic heterocycles. The third-order valence-electron chi connectivity index (χ3n) is 6.45. The fraction of sp³-hybridized carbons (Fsp3) is 0.619. The number of aliphatic hydroxyl groups is 2. The van der Waals surface area contributed by atoms with Crippen molar-refractivity contribution in [1.82, 2.24) is 15.5 Å². The number of fused-ring (bicyclic) bond motifs is 1. The Balaban J connectivity index is 1.51. The summed E-state index contributed by atoms with van der Waals surface area (Å²) in [7, 11) is 0. The first-order chi connectivity index (χ1) is 14.9. The van der Waals surface area contributed by atoms with Crippen LogP contribution in [0.1, 0.15) is 12.0 Å². The van der Waals surface area contributed by atoms with E-state index < -0.39 is 30.2 Å². The molecule has 8 nitrogen and oxygen atoms in total. The summed E-state index contributed by atoms with van der Waals surface area (Å²) in [5, 5.41) is 28.2. The number of hydrogen-bond donors (Lipinski definition) is 4. The zero-order valence-corrected chi connectivity index (χ0v) is 19.0. The molecule has 1 saturated carbocycles. The molecule has 2 saturated heterocycles. The number of ether oxygens (including phenoxy) is 1. The minimum absolute atomic E-state index is 0.149. The SMILES string of the molecule is Cc1ccc(N2C(=S)N[C@H]3[C@@H](O)[C@H](O)C[C@@H](C(=O)NCCN4CCOCC4)[C@H]32)cc1Cl. The smallest absolute Gasteiger partial charge is 0.225 e. The van der Waals surface area contributed by atoms with Crippen LogP contribution in [0.25, 0.3) is 0 Å². The highest BCUT2D eigenvalue weighted by Crippen LogP contribution is 2.37. The van der Waals surface area contributed by atoms with Crippen molar-refractivity contribution in [3.8, 4) is 0 Å². The number of hydrogen-bond acceptors (Lipinski definition) is 6. The maximum atomic E-state index is 13.2. The second-order valence-corrected chi connectivity index (χ2v) is 9.21. The predicted molar refractivity (Wildman–Crippen MR) is 122 cm³/mol. The topological polar surface area (TPSA) is 97.3 Å². The van der Waals surface area contributed by atoms with E-state index in [0.29, 0.717) is 29.9 Å². The number of benzene rings is 1. The first-order valence-corrected chi connectivity index (χ1v) is 11.5. The molecule has 10 heteroatoms. The Morgan fingerprint density at radius 3 is 2.81 bits per heavy atom. The van der Waals surface area contributed by atoms with Crippen molar-refractivity contribution in [3.05, 3.63) is 28.8 Å². The van der Waals surface area contributed by atoms with Crippen molar-refractivity contribution in [2.45, 2.75) is 37.6 Å². The normalized spacial score (nSPS) is 31.3. The highest BCUT2D eigenvalue weighted by Gasteiger charge is 2.53. The van der Waals surface area contributed by atoms with Crippen LogP contribution in [0, 0.1) is 12.8 Å². The number of amides is 1. The molecule has 4 rings (SSSR count). The molecule has 5 atom stereocenters. The molecule has 1 amide bonds. The summed E-state index contributed by atoms with van der Waals surface area (Å²) in [6, 6.07) is 4.65. The number of aliphatic hydroxyl groups excluding tert-OH is 2. The number of nitrogens with zero attached hydrogens (tertiary/aromatic N) is 2. The van der Waals surface area contributed by atoms with E-state index in [1.54, 1.807) is 0 Å². The molecule has 2 aliphatic heterocycles. The number of morpholine rings is 1. The highest BCUT2D eigenvalue weighted by atomic mass is 35.5. The van der Waals surface area contributed by atoms with E-state index in [-0.39, 0.29) is 12.3 Å². The van der Waals surface area contributed by atoms with Crippen LogP contribution in [0.3, 0.4) is 0 Å². The van der Waals surface area contributed by atoms with Gasteiger partial charge in [0.05, 0.1) is 37.3 Å². The van der Waals surface area contributed by atoms with E-state index in [1.165, 1.54) is 0 Å². The Labute approximate surface area is 192 Å². The van der Waals surface area contributed by atoms with Crippen molar-refractivity contribution in [1.29, 1.82) is 0 Å². The number of nitrogens with one attached hydrogen (secondary N) is 2. The van der Waals surface area contributed by atoms with Gasteiger partial charge in [-0.2, -0.15) is 0 Å². The third kappa shape index (κ3) is 4.67. The predicted octanol–water partition coefficient (Wildman–Crippen LogP) is 0.270. The zero-order valence-electron chi connectivity index (χ0n) is 17.5. The van der Waals surface area contributed by atoms with Gasteiger partial charge in [-0.25, -0.2) is 0 Å². The van der Waals surface area contributed by atoms with Crippen molar-refractivity contribution in [2.24, 2.45) is 5.92 Å². The molecule has 3 fully saturated rings. The molecule has 170 valence electrons. The summed E-state index contributed by atoms with van der Waals surface area (Å²) in [4.78, 5) is 17.3. The second-order valence-electron chi connectivity index (χ2n) is 8.41. The van der Waals surface area contributed by atoms with Gasteiger partial charge < -0.3 is 30.5 Å². The standard InChI is InChI=1S/C21H29ClN4O4S/c1-12-2-3-13(10-15(12)22)26-18-14(11-16(27)19(28)17(18)24-21(26)31)20(29)23-4-5-25-6-8-30-9-7-25/h2-3,10,14,16-19,27-28H,4-9,11H2,1H3,(H,23,29)(H,24,31)/t14-,16-,17-,18-,19+/m1/s1. The van der Waals surface area contributed by atoms with Gasteiger partial charge in [0, 0.05) is 36.9 Å². The Bertz CT molecular complexity index is 838. The van der Waals surface area contributed by atoms with Crippen LogP contribution in [0.4, 0.5) is 5.69 Å². The molecular weight excluding hydrogens is 440 g/mol. The van der Waals surface area contributed by atoms with Gasteiger partial charge in [-0.15, -0.1) is 0 Å². The first-order valence-electron chi connectivity index (χ1n) is 10.7. The van der Waals surface area contributed by atoms with Crippen LogP contribution in [-0.4, -0.2) is 89.8 Å². The van der Waals surface area contributed by atoms with Crippen LogP contribution >= 0.6 is 23.8 Å². The van der Waals surface area contributed by atoms with Crippen molar-refractivity contribution < 1.29 is 19.7 Å². The highest BCUT2D eigenvalue weighted by molar-refractivity contribution is 7.80. The van der Waals surface area contributed by atoms with Crippen molar-refractivity contribution >= 4 is 40.5 Å². The van der Waals surface area contributed by atoms with Gasteiger partial charge in [0.25, 0.3) is 0 Å². The van der Waals surface area contributed by atoms with Gasteiger partial charge in [-0.3, -0.25) is 9.69 Å². The maximum Gasteiger partial charge on any atom is 0.225 e. The molecule has 1 aromatic rings. The lowest BCUT2D eigenvalue weighted by atomic mass is 9.77. The molecule has 1 aromatic carbocycles. The van der Waals surface area contributed by atoms with Crippen molar-refractivity contribution in [3.63, 3.8) is 0 Å². The van der Waals surface area contributed by atoms with Gasteiger partial charge in [0.2, 0.25) is 5.91 Å². The lowest BCUT2D eigenvalue weighted by molar-refractivity contribution is -0.131. The second kappa shape index (κ2) is 9.56. The Morgan fingerprint density at radius 2 is 2.10 bits per heavy atom. The van der Waals surface area contributed by atoms with Gasteiger partial charge in [0.1, 0.15) is 6.10 Å².